The highest BCUT2D eigenvalue weighted by molar-refractivity contribution is 8.00. The number of rotatable bonds is 5. The minimum absolute atomic E-state index is 0.0181. The van der Waals surface area contributed by atoms with Crippen LogP contribution >= 0.6 is 11.8 Å². The van der Waals surface area contributed by atoms with Gasteiger partial charge in [0.05, 0.1) is 30.8 Å². The number of carbonyl (C=O) groups is 2. The highest BCUT2D eigenvalue weighted by atomic mass is 32.2. The topological polar surface area (TPSA) is 75.4 Å². The van der Waals surface area contributed by atoms with E-state index in [9.17, 15) is 9.59 Å². The zero-order chi connectivity index (χ0) is 18.6. The maximum absolute atomic E-state index is 12.5. The van der Waals surface area contributed by atoms with Gasteiger partial charge in [0.25, 0.3) is 5.91 Å². The quantitative estimate of drug-likeness (QED) is 0.737. The largest absolute Gasteiger partial charge is 0.467 e. The van der Waals surface area contributed by atoms with Crippen molar-refractivity contribution in [2.45, 2.75) is 18.0 Å². The second-order valence-electron chi connectivity index (χ2n) is 6.07. The van der Waals surface area contributed by atoms with Crippen LogP contribution in [0.1, 0.15) is 21.7 Å². The number of furan rings is 1. The molecule has 2 aromatic heterocycles. The third kappa shape index (κ3) is 3.88. The van der Waals surface area contributed by atoms with E-state index in [0.29, 0.717) is 30.2 Å². The Morgan fingerprint density at radius 2 is 2.19 bits per heavy atom. The van der Waals surface area contributed by atoms with Crippen LogP contribution in [-0.2, 0) is 17.9 Å². The summed E-state index contributed by atoms with van der Waals surface area (Å²) in [4.78, 5) is 31.8. The number of thioether (sulfide) groups is 1. The summed E-state index contributed by atoms with van der Waals surface area (Å²) in [5.41, 5.74) is 2.20. The molecule has 0 spiro atoms. The zero-order valence-electron chi connectivity index (χ0n) is 14.4. The van der Waals surface area contributed by atoms with Gasteiger partial charge in [-0.1, -0.05) is 6.07 Å². The molecule has 0 aliphatic carbocycles. The predicted octanol–water partition coefficient (Wildman–Crippen LogP) is 3.24. The summed E-state index contributed by atoms with van der Waals surface area (Å²) in [6, 6.07) is 12.8. The summed E-state index contributed by atoms with van der Waals surface area (Å²) >= 11 is 1.49. The summed E-state index contributed by atoms with van der Waals surface area (Å²) in [6.45, 7) is 0.744. The summed E-state index contributed by atoms with van der Waals surface area (Å²) < 4.78 is 5.23. The van der Waals surface area contributed by atoms with Gasteiger partial charge in [-0.3, -0.25) is 14.6 Å². The van der Waals surface area contributed by atoms with E-state index < -0.39 is 0 Å². The number of amides is 2. The number of nitrogens with zero attached hydrogens (tertiary/aromatic N) is 2. The summed E-state index contributed by atoms with van der Waals surface area (Å²) in [5, 5.41) is 2.83. The minimum Gasteiger partial charge on any atom is -0.467 e. The Kier molecular flexibility index (Phi) is 4.93. The van der Waals surface area contributed by atoms with Crippen molar-refractivity contribution in [3.63, 3.8) is 0 Å². The van der Waals surface area contributed by atoms with E-state index in [1.807, 2.05) is 18.2 Å². The molecule has 6 nitrogen and oxygen atoms in total. The van der Waals surface area contributed by atoms with Crippen LogP contribution in [0.5, 0.6) is 0 Å². The maximum atomic E-state index is 12.5. The van der Waals surface area contributed by atoms with E-state index >= 15 is 0 Å². The predicted molar refractivity (Wildman–Crippen MR) is 102 cm³/mol. The lowest BCUT2D eigenvalue weighted by Crippen LogP contribution is -2.35. The van der Waals surface area contributed by atoms with Crippen LogP contribution < -0.4 is 10.2 Å². The molecule has 1 aliphatic heterocycles. The summed E-state index contributed by atoms with van der Waals surface area (Å²) in [5.74, 6) is 0.880. The summed E-state index contributed by atoms with van der Waals surface area (Å²) in [6.07, 6.45) is 5.01. The number of benzene rings is 1. The molecule has 136 valence electrons. The number of anilines is 1. The first-order chi connectivity index (χ1) is 13.2. The number of aromatic nitrogens is 1. The Morgan fingerprint density at radius 3 is 2.96 bits per heavy atom. The van der Waals surface area contributed by atoms with Gasteiger partial charge in [0.2, 0.25) is 5.91 Å². The molecule has 0 fully saturated rings. The molecule has 27 heavy (non-hydrogen) atoms. The fourth-order valence-electron chi connectivity index (χ4n) is 2.87. The molecular formula is C20H17N3O3S. The molecule has 0 atom stereocenters. The lowest BCUT2D eigenvalue weighted by molar-refractivity contribution is -0.116. The van der Waals surface area contributed by atoms with Crippen LogP contribution in [-0.4, -0.2) is 22.6 Å². The first kappa shape index (κ1) is 17.4. The third-order valence-electron chi connectivity index (χ3n) is 4.23. The lowest BCUT2D eigenvalue weighted by Gasteiger charge is -2.29. The molecular weight excluding hydrogens is 362 g/mol. The van der Waals surface area contributed by atoms with E-state index in [4.69, 9.17) is 4.42 Å². The first-order valence-electron chi connectivity index (χ1n) is 8.47. The second kappa shape index (κ2) is 7.67. The van der Waals surface area contributed by atoms with Crippen molar-refractivity contribution < 1.29 is 14.0 Å². The van der Waals surface area contributed by atoms with Crippen LogP contribution in [0.2, 0.25) is 0 Å². The number of carbonyl (C=O) groups excluding carboxylic acids is 2. The molecule has 1 aliphatic rings. The number of hydrogen-bond acceptors (Lipinski definition) is 5. The van der Waals surface area contributed by atoms with Gasteiger partial charge in [-0.15, -0.1) is 11.8 Å². The van der Waals surface area contributed by atoms with Gasteiger partial charge >= 0.3 is 0 Å². The molecule has 0 unspecified atom stereocenters. The Balaban J connectivity index is 1.56. The van der Waals surface area contributed by atoms with E-state index in [1.165, 1.54) is 11.8 Å². The normalized spacial score (nSPS) is 13.3. The monoisotopic (exact) mass is 379 g/mol. The third-order valence-corrected chi connectivity index (χ3v) is 5.28. The Morgan fingerprint density at radius 1 is 1.26 bits per heavy atom. The molecule has 0 radical (unpaired) electrons. The van der Waals surface area contributed by atoms with Crippen molar-refractivity contribution in [3.8, 4) is 0 Å². The smallest absolute Gasteiger partial charge is 0.251 e. The standard InChI is InChI=1S/C20H17N3O3S/c24-19-13-27-18-6-5-15(20(25)22-11-16-4-2-8-26-16)9-17(18)23(19)12-14-3-1-7-21-10-14/h1-10H,11-13H2,(H,22,25). The maximum Gasteiger partial charge on any atom is 0.251 e. The average molecular weight is 379 g/mol. The van der Waals surface area contributed by atoms with Crippen molar-refractivity contribution in [1.82, 2.24) is 10.3 Å². The zero-order valence-corrected chi connectivity index (χ0v) is 15.2. The van der Waals surface area contributed by atoms with Crippen LogP contribution in [0.15, 0.2) is 70.4 Å². The van der Waals surface area contributed by atoms with Crippen LogP contribution in [0.25, 0.3) is 0 Å². The second-order valence-corrected chi connectivity index (χ2v) is 7.09. The molecule has 4 rings (SSSR count). The van der Waals surface area contributed by atoms with Crippen LogP contribution in [0.3, 0.4) is 0 Å². The fraction of sp³-hybridized carbons (Fsp3) is 0.150. The number of nitrogens with one attached hydrogen (secondary N) is 1. The van der Waals surface area contributed by atoms with Crippen molar-refractivity contribution >= 4 is 29.3 Å². The molecule has 3 aromatic rings. The number of hydrogen-bond donors (Lipinski definition) is 1. The molecule has 0 bridgehead atoms. The van der Waals surface area contributed by atoms with Crippen LogP contribution in [0.4, 0.5) is 5.69 Å². The van der Waals surface area contributed by atoms with E-state index in [1.54, 1.807) is 47.8 Å². The number of pyridine rings is 1. The van der Waals surface area contributed by atoms with Gasteiger partial charge < -0.3 is 14.6 Å². The van der Waals surface area contributed by atoms with Crippen molar-refractivity contribution in [2.24, 2.45) is 0 Å². The van der Waals surface area contributed by atoms with Gasteiger partial charge in [-0.25, -0.2) is 0 Å². The van der Waals surface area contributed by atoms with Gasteiger partial charge in [0.1, 0.15) is 5.76 Å². The molecule has 1 aromatic carbocycles. The van der Waals surface area contributed by atoms with Crippen molar-refractivity contribution in [1.29, 1.82) is 0 Å². The molecule has 3 heterocycles. The molecule has 0 saturated heterocycles. The Bertz CT molecular complexity index is 958. The van der Waals surface area contributed by atoms with E-state index in [0.717, 1.165) is 16.1 Å². The fourth-order valence-corrected chi connectivity index (χ4v) is 3.79. The van der Waals surface area contributed by atoms with Crippen molar-refractivity contribution in [2.75, 3.05) is 10.7 Å². The van der Waals surface area contributed by atoms with Gasteiger partial charge in [0.15, 0.2) is 0 Å². The first-order valence-corrected chi connectivity index (χ1v) is 9.46. The highest BCUT2D eigenvalue weighted by Crippen LogP contribution is 2.36. The van der Waals surface area contributed by atoms with E-state index in [-0.39, 0.29) is 11.8 Å². The Hall–Kier alpha value is -3.06. The van der Waals surface area contributed by atoms with Gasteiger partial charge in [-0.2, -0.15) is 0 Å². The lowest BCUT2D eigenvalue weighted by atomic mass is 10.1. The average Bonchev–Trinajstić information content (AvgIpc) is 3.22. The molecule has 7 heteroatoms. The molecule has 1 N–H and O–H groups in total. The van der Waals surface area contributed by atoms with Gasteiger partial charge in [0, 0.05) is 22.9 Å². The minimum atomic E-state index is -0.210. The Labute approximate surface area is 160 Å². The summed E-state index contributed by atoms with van der Waals surface area (Å²) in [7, 11) is 0. The molecule has 0 saturated carbocycles. The van der Waals surface area contributed by atoms with E-state index in [2.05, 4.69) is 10.3 Å². The van der Waals surface area contributed by atoms with Gasteiger partial charge in [-0.05, 0) is 42.0 Å². The van der Waals surface area contributed by atoms with Crippen molar-refractivity contribution in [3.05, 3.63) is 78.0 Å². The SMILES string of the molecule is O=C(NCc1ccco1)c1ccc2c(c1)N(Cc1cccnc1)C(=O)CS2. The highest BCUT2D eigenvalue weighted by Gasteiger charge is 2.26. The van der Waals surface area contributed by atoms with Crippen LogP contribution in [0, 0.1) is 0 Å². The number of fused-ring (bicyclic) bond motifs is 1. The molecule has 2 amide bonds.